The van der Waals surface area contributed by atoms with Crippen LogP contribution in [0.15, 0.2) is 0 Å². The van der Waals surface area contributed by atoms with Crippen LogP contribution in [0.25, 0.3) is 0 Å². The number of carboxylic acid groups (broad SMARTS) is 1. The molecule has 19 heavy (non-hydrogen) atoms. The maximum Gasteiger partial charge on any atom is 0.307 e. The smallest absolute Gasteiger partial charge is 0.307 e. The highest BCUT2D eigenvalue weighted by molar-refractivity contribution is 5.76. The number of unbranched alkanes of at least 4 members (excludes halogenated alkanes) is 13. The van der Waals surface area contributed by atoms with E-state index in [9.17, 15) is 4.79 Å². The van der Waals surface area contributed by atoms with Gasteiger partial charge in [-0.25, -0.2) is 0 Å². The average molecular weight is 268 g/mol. The first-order valence-corrected chi connectivity index (χ1v) is 8.12. The Labute approximate surface area is 120 Å². The largest absolute Gasteiger partial charge is 0.481 e. The second-order valence-corrected chi connectivity index (χ2v) is 5.43. The molecule has 0 amide bonds. The quantitative estimate of drug-likeness (QED) is 0.394. The van der Waals surface area contributed by atoms with E-state index < -0.39 is 5.97 Å². The van der Waals surface area contributed by atoms with Gasteiger partial charge < -0.3 is 5.11 Å². The summed E-state index contributed by atoms with van der Waals surface area (Å²) in [4.78, 5) is 10.3. The predicted molar refractivity (Wildman–Crippen MR) is 81.9 cm³/mol. The van der Waals surface area contributed by atoms with Crippen molar-refractivity contribution in [3.05, 3.63) is 13.3 Å². The average Bonchev–Trinajstić information content (AvgIpc) is 2.39. The molecule has 1 N–H and O–H groups in total. The number of aliphatic carboxylic acids is 1. The molecule has 0 aliphatic heterocycles. The first kappa shape index (κ1) is 18.5. The Balaban J connectivity index is 2.93. The van der Waals surface area contributed by atoms with Crippen molar-refractivity contribution in [2.24, 2.45) is 0 Å². The van der Waals surface area contributed by atoms with Crippen LogP contribution in [0.3, 0.4) is 0 Å². The van der Waals surface area contributed by atoms with E-state index in [1.165, 1.54) is 77.0 Å². The lowest BCUT2D eigenvalue weighted by molar-refractivity contribution is -0.133. The highest BCUT2D eigenvalue weighted by Crippen LogP contribution is 2.13. The van der Waals surface area contributed by atoms with Crippen molar-refractivity contribution in [2.75, 3.05) is 0 Å². The molecule has 2 radical (unpaired) electrons. The van der Waals surface area contributed by atoms with Crippen LogP contribution >= 0.6 is 0 Å². The molecule has 0 spiro atoms. The summed E-state index contributed by atoms with van der Waals surface area (Å²) in [5, 5.41) is 8.45. The maximum atomic E-state index is 10.3. The van der Waals surface area contributed by atoms with Gasteiger partial charge >= 0.3 is 5.97 Å². The van der Waals surface area contributed by atoms with E-state index in [2.05, 4.69) is 6.92 Å². The molecule has 2 heteroatoms. The first-order chi connectivity index (χ1) is 9.27. The van der Waals surface area contributed by atoms with Gasteiger partial charge in [-0.15, -0.1) is 0 Å². The summed E-state index contributed by atoms with van der Waals surface area (Å²) in [5.41, 5.74) is 0. The lowest BCUT2D eigenvalue weighted by Crippen LogP contribution is -1.94. The van der Waals surface area contributed by atoms with Crippen LogP contribution in [0.5, 0.6) is 0 Å². The Morgan fingerprint density at radius 1 is 0.737 bits per heavy atom. The van der Waals surface area contributed by atoms with Gasteiger partial charge in [0.25, 0.3) is 0 Å². The highest BCUT2D eigenvalue weighted by Gasteiger charge is 1.97. The SMILES string of the molecule is [CH2]CCCCCCCCCCCCCC[CH]C(=O)O. The molecule has 0 aliphatic carbocycles. The van der Waals surface area contributed by atoms with Gasteiger partial charge in [0, 0.05) is 0 Å². The van der Waals surface area contributed by atoms with Crippen LogP contribution in [0, 0.1) is 13.3 Å². The summed E-state index contributed by atoms with van der Waals surface area (Å²) < 4.78 is 0. The molecule has 0 rings (SSSR count). The monoisotopic (exact) mass is 268 g/mol. The Morgan fingerprint density at radius 2 is 1.11 bits per heavy atom. The van der Waals surface area contributed by atoms with Crippen LogP contribution in [0.2, 0.25) is 0 Å². The van der Waals surface area contributed by atoms with Crippen molar-refractivity contribution in [2.45, 2.75) is 89.9 Å². The minimum Gasteiger partial charge on any atom is -0.481 e. The minimum atomic E-state index is -0.782. The molecule has 0 unspecified atom stereocenters. The summed E-state index contributed by atoms with van der Waals surface area (Å²) >= 11 is 0. The second kappa shape index (κ2) is 15.5. The molecule has 0 aromatic heterocycles. The summed E-state index contributed by atoms with van der Waals surface area (Å²) in [6, 6.07) is 0. The highest BCUT2D eigenvalue weighted by atomic mass is 16.4. The van der Waals surface area contributed by atoms with Crippen molar-refractivity contribution >= 4 is 5.97 Å². The zero-order chi connectivity index (χ0) is 14.2. The third kappa shape index (κ3) is 17.5. The topological polar surface area (TPSA) is 37.3 Å². The molecule has 0 aromatic carbocycles. The molecular weight excluding hydrogens is 236 g/mol. The fourth-order valence-electron chi connectivity index (χ4n) is 2.31. The Morgan fingerprint density at radius 3 is 1.47 bits per heavy atom. The number of carbonyl (C=O) groups is 1. The third-order valence-corrected chi connectivity index (χ3v) is 3.52. The van der Waals surface area contributed by atoms with Gasteiger partial charge in [0.15, 0.2) is 0 Å². The van der Waals surface area contributed by atoms with E-state index in [-0.39, 0.29) is 0 Å². The fourth-order valence-corrected chi connectivity index (χ4v) is 2.31. The minimum absolute atomic E-state index is 0.725. The standard InChI is InChI=1S/C17H32O2/c1-2-3-4-5-6-7-8-9-10-11-12-13-14-15-16-17(18)19/h16H,1-15H2,(H,18,19). The van der Waals surface area contributed by atoms with Gasteiger partial charge in [0.2, 0.25) is 0 Å². The molecule has 0 aromatic rings. The van der Waals surface area contributed by atoms with E-state index in [1.54, 1.807) is 0 Å². The van der Waals surface area contributed by atoms with E-state index in [4.69, 9.17) is 5.11 Å². The molecule has 0 atom stereocenters. The third-order valence-electron chi connectivity index (χ3n) is 3.52. The number of carboxylic acids is 1. The van der Waals surface area contributed by atoms with Crippen molar-refractivity contribution in [1.29, 1.82) is 0 Å². The van der Waals surface area contributed by atoms with Crippen molar-refractivity contribution in [3.8, 4) is 0 Å². The molecular formula is C17H32O2. The lowest BCUT2D eigenvalue weighted by atomic mass is 10.0. The zero-order valence-corrected chi connectivity index (χ0v) is 12.5. The van der Waals surface area contributed by atoms with E-state index in [1.807, 2.05) is 0 Å². The summed E-state index contributed by atoms with van der Waals surface area (Å²) in [7, 11) is 0. The van der Waals surface area contributed by atoms with Gasteiger partial charge in [-0.1, -0.05) is 90.4 Å². The summed E-state index contributed by atoms with van der Waals surface area (Å²) in [6.45, 7) is 3.86. The van der Waals surface area contributed by atoms with Gasteiger partial charge in [-0.05, 0) is 6.42 Å². The van der Waals surface area contributed by atoms with Crippen molar-refractivity contribution < 1.29 is 9.90 Å². The molecule has 112 valence electrons. The summed E-state index contributed by atoms with van der Waals surface area (Å²) in [5.74, 6) is -0.782. The first-order valence-electron chi connectivity index (χ1n) is 8.12. The van der Waals surface area contributed by atoms with Gasteiger partial charge in [-0.2, -0.15) is 0 Å². The maximum absolute atomic E-state index is 10.3. The molecule has 2 nitrogen and oxygen atoms in total. The van der Waals surface area contributed by atoms with Crippen molar-refractivity contribution in [1.82, 2.24) is 0 Å². The summed E-state index contributed by atoms with van der Waals surface area (Å²) in [6.07, 6.45) is 18.9. The van der Waals surface area contributed by atoms with Crippen molar-refractivity contribution in [3.63, 3.8) is 0 Å². The zero-order valence-electron chi connectivity index (χ0n) is 12.5. The Bertz CT molecular complexity index is 190. The fraction of sp³-hybridized carbons (Fsp3) is 0.824. The normalized spacial score (nSPS) is 10.8. The van der Waals surface area contributed by atoms with Crippen LogP contribution in [0.4, 0.5) is 0 Å². The molecule has 0 fully saturated rings. The van der Waals surface area contributed by atoms with Crippen LogP contribution < -0.4 is 0 Å². The Kier molecular flexibility index (Phi) is 15.1. The van der Waals surface area contributed by atoms with E-state index >= 15 is 0 Å². The Hall–Kier alpha value is -0.530. The predicted octanol–water partition coefficient (Wildman–Crippen LogP) is 5.57. The molecule has 0 heterocycles. The van der Waals surface area contributed by atoms with Crippen LogP contribution in [-0.4, -0.2) is 11.1 Å². The molecule has 0 bridgehead atoms. The molecule has 0 saturated carbocycles. The molecule has 0 saturated heterocycles. The van der Waals surface area contributed by atoms with Gasteiger partial charge in [0.05, 0.1) is 6.42 Å². The van der Waals surface area contributed by atoms with Gasteiger partial charge in [0.1, 0.15) is 0 Å². The van der Waals surface area contributed by atoms with E-state index in [0.717, 1.165) is 19.3 Å². The number of hydrogen-bond donors (Lipinski definition) is 1. The van der Waals surface area contributed by atoms with Gasteiger partial charge in [-0.3, -0.25) is 4.79 Å². The van der Waals surface area contributed by atoms with E-state index in [0.29, 0.717) is 0 Å². The molecule has 0 aliphatic rings. The van der Waals surface area contributed by atoms with Crippen LogP contribution in [0.1, 0.15) is 89.9 Å². The second-order valence-electron chi connectivity index (χ2n) is 5.43. The lowest BCUT2D eigenvalue weighted by Gasteiger charge is -2.02. The van der Waals surface area contributed by atoms with Crippen LogP contribution in [-0.2, 0) is 4.79 Å². The number of hydrogen-bond acceptors (Lipinski definition) is 1. The number of rotatable bonds is 15.